The summed E-state index contributed by atoms with van der Waals surface area (Å²) in [6, 6.07) is 1.12. The highest BCUT2D eigenvalue weighted by molar-refractivity contribution is 6.25. The second kappa shape index (κ2) is 6.30. The van der Waals surface area contributed by atoms with Gasteiger partial charge in [0.2, 0.25) is 0 Å². The minimum atomic E-state index is -0.637. The third-order valence-electron chi connectivity index (χ3n) is 1.80. The minimum absolute atomic E-state index is 0.637. The zero-order chi connectivity index (χ0) is 7.11. The molecule has 1 atom stereocenters. The van der Waals surface area contributed by atoms with Crippen molar-refractivity contribution in [3.05, 3.63) is 0 Å². The SMILES string of the molecule is CCC(C)CCC[SiH2]O. The van der Waals surface area contributed by atoms with Crippen LogP contribution < -0.4 is 0 Å². The Morgan fingerprint density at radius 1 is 1.56 bits per heavy atom. The second-order valence-corrected chi connectivity index (χ2v) is 3.89. The molecule has 0 heterocycles. The maximum Gasteiger partial charge on any atom is 0.156 e. The third-order valence-corrected chi connectivity index (χ3v) is 2.62. The van der Waals surface area contributed by atoms with Crippen molar-refractivity contribution < 1.29 is 4.80 Å². The first-order chi connectivity index (χ1) is 4.31. The molecule has 0 amide bonds. The van der Waals surface area contributed by atoms with E-state index in [1.807, 2.05) is 0 Å². The van der Waals surface area contributed by atoms with Crippen LogP contribution in [0.2, 0.25) is 6.04 Å². The van der Waals surface area contributed by atoms with Gasteiger partial charge in [-0.2, -0.15) is 0 Å². The second-order valence-electron chi connectivity index (χ2n) is 2.73. The monoisotopic (exact) mass is 146 g/mol. The zero-order valence-electron chi connectivity index (χ0n) is 6.56. The van der Waals surface area contributed by atoms with Gasteiger partial charge in [0, 0.05) is 0 Å². The molecule has 56 valence electrons. The first kappa shape index (κ1) is 9.18. The van der Waals surface area contributed by atoms with E-state index in [1.165, 1.54) is 19.3 Å². The van der Waals surface area contributed by atoms with E-state index >= 15 is 0 Å². The molecule has 0 aromatic heterocycles. The van der Waals surface area contributed by atoms with Crippen LogP contribution in [0, 0.1) is 5.92 Å². The molecule has 0 aliphatic heterocycles. The van der Waals surface area contributed by atoms with Crippen molar-refractivity contribution in [2.24, 2.45) is 5.92 Å². The van der Waals surface area contributed by atoms with Gasteiger partial charge in [0.05, 0.1) is 0 Å². The molecule has 9 heavy (non-hydrogen) atoms. The molecule has 0 spiro atoms. The number of hydrogen-bond donors (Lipinski definition) is 1. The van der Waals surface area contributed by atoms with Crippen LogP contribution in [0.25, 0.3) is 0 Å². The first-order valence-corrected chi connectivity index (χ1v) is 5.55. The van der Waals surface area contributed by atoms with Gasteiger partial charge in [-0.1, -0.05) is 33.1 Å². The lowest BCUT2D eigenvalue weighted by molar-refractivity contribution is 0.501. The van der Waals surface area contributed by atoms with Crippen LogP contribution >= 0.6 is 0 Å². The van der Waals surface area contributed by atoms with Gasteiger partial charge in [0.25, 0.3) is 0 Å². The fraction of sp³-hybridized carbons (Fsp3) is 1.00. The van der Waals surface area contributed by atoms with Gasteiger partial charge in [-0.15, -0.1) is 0 Å². The van der Waals surface area contributed by atoms with Crippen LogP contribution in [0.1, 0.15) is 33.1 Å². The maximum absolute atomic E-state index is 8.59. The summed E-state index contributed by atoms with van der Waals surface area (Å²) in [6.45, 7) is 4.50. The molecular formula is C7H18OSi. The van der Waals surface area contributed by atoms with Gasteiger partial charge >= 0.3 is 0 Å². The van der Waals surface area contributed by atoms with E-state index < -0.39 is 9.76 Å². The molecule has 0 aliphatic rings. The zero-order valence-corrected chi connectivity index (χ0v) is 7.97. The van der Waals surface area contributed by atoms with Crippen molar-refractivity contribution in [2.45, 2.75) is 39.2 Å². The van der Waals surface area contributed by atoms with E-state index in [4.69, 9.17) is 4.80 Å². The van der Waals surface area contributed by atoms with Gasteiger partial charge < -0.3 is 4.80 Å². The van der Waals surface area contributed by atoms with E-state index in [9.17, 15) is 0 Å². The van der Waals surface area contributed by atoms with Crippen molar-refractivity contribution in [3.8, 4) is 0 Å². The highest BCUT2D eigenvalue weighted by Crippen LogP contribution is 2.10. The van der Waals surface area contributed by atoms with E-state index in [-0.39, 0.29) is 0 Å². The predicted molar refractivity (Wildman–Crippen MR) is 44.3 cm³/mol. The molecule has 0 aromatic rings. The van der Waals surface area contributed by atoms with Crippen molar-refractivity contribution in [1.29, 1.82) is 0 Å². The molecule has 1 nitrogen and oxygen atoms in total. The fourth-order valence-corrected chi connectivity index (χ4v) is 1.32. The summed E-state index contributed by atoms with van der Waals surface area (Å²) in [5, 5.41) is 0. The van der Waals surface area contributed by atoms with Gasteiger partial charge in [-0.3, -0.25) is 0 Å². The largest absolute Gasteiger partial charge is 0.438 e. The molecule has 0 saturated heterocycles. The summed E-state index contributed by atoms with van der Waals surface area (Å²) < 4.78 is 0. The molecule has 0 aromatic carbocycles. The molecule has 0 bridgehead atoms. The highest BCUT2D eigenvalue weighted by Gasteiger charge is 1.96. The van der Waals surface area contributed by atoms with E-state index in [0.29, 0.717) is 0 Å². The Bertz CT molecular complexity index is 56.9. The maximum atomic E-state index is 8.59. The Hall–Kier alpha value is 0.177. The van der Waals surface area contributed by atoms with E-state index in [2.05, 4.69) is 13.8 Å². The molecule has 0 fully saturated rings. The van der Waals surface area contributed by atoms with Crippen molar-refractivity contribution >= 4 is 9.76 Å². The van der Waals surface area contributed by atoms with Crippen molar-refractivity contribution in [3.63, 3.8) is 0 Å². The lowest BCUT2D eigenvalue weighted by Crippen LogP contribution is -1.93. The lowest BCUT2D eigenvalue weighted by atomic mass is 10.0. The Morgan fingerprint density at radius 3 is 2.67 bits per heavy atom. The molecule has 0 radical (unpaired) electrons. The lowest BCUT2D eigenvalue weighted by Gasteiger charge is -2.05. The van der Waals surface area contributed by atoms with Crippen LogP contribution in [-0.2, 0) is 0 Å². The number of hydrogen-bond acceptors (Lipinski definition) is 1. The summed E-state index contributed by atoms with van der Waals surface area (Å²) in [6.07, 6.45) is 3.84. The summed E-state index contributed by atoms with van der Waals surface area (Å²) in [7, 11) is -0.637. The smallest absolute Gasteiger partial charge is 0.156 e. The number of rotatable bonds is 5. The fourth-order valence-electron chi connectivity index (χ4n) is 0.809. The summed E-state index contributed by atoms with van der Waals surface area (Å²) in [5.41, 5.74) is 0. The summed E-state index contributed by atoms with van der Waals surface area (Å²) in [5.74, 6) is 0.866. The molecule has 0 saturated carbocycles. The molecule has 1 unspecified atom stereocenters. The van der Waals surface area contributed by atoms with Crippen molar-refractivity contribution in [1.82, 2.24) is 0 Å². The van der Waals surface area contributed by atoms with Gasteiger partial charge in [0.15, 0.2) is 9.76 Å². The van der Waals surface area contributed by atoms with Crippen LogP contribution in [0.4, 0.5) is 0 Å². The molecule has 0 aliphatic carbocycles. The summed E-state index contributed by atoms with van der Waals surface area (Å²) in [4.78, 5) is 8.59. The average Bonchev–Trinajstić information content (AvgIpc) is 1.89. The predicted octanol–water partition coefficient (Wildman–Crippen LogP) is 1.31. The Labute approximate surface area is 60.4 Å². The average molecular weight is 146 g/mol. The minimum Gasteiger partial charge on any atom is -0.438 e. The molecule has 1 N–H and O–H groups in total. The van der Waals surface area contributed by atoms with Gasteiger partial charge in [-0.05, 0) is 12.0 Å². The van der Waals surface area contributed by atoms with E-state index in [1.54, 1.807) is 0 Å². The van der Waals surface area contributed by atoms with Crippen molar-refractivity contribution in [2.75, 3.05) is 0 Å². The van der Waals surface area contributed by atoms with Crippen LogP contribution in [-0.4, -0.2) is 14.6 Å². The Morgan fingerprint density at radius 2 is 2.22 bits per heavy atom. The topological polar surface area (TPSA) is 20.2 Å². The van der Waals surface area contributed by atoms with Crippen LogP contribution in [0.15, 0.2) is 0 Å². The van der Waals surface area contributed by atoms with Crippen LogP contribution in [0.5, 0.6) is 0 Å². The van der Waals surface area contributed by atoms with Gasteiger partial charge in [-0.25, -0.2) is 0 Å². The third kappa shape index (κ3) is 6.06. The highest BCUT2D eigenvalue weighted by atomic mass is 28.2. The molecular weight excluding hydrogens is 128 g/mol. The quantitative estimate of drug-likeness (QED) is 0.458. The Kier molecular flexibility index (Phi) is 6.42. The van der Waals surface area contributed by atoms with E-state index in [0.717, 1.165) is 12.0 Å². The van der Waals surface area contributed by atoms with Gasteiger partial charge in [0.1, 0.15) is 0 Å². The molecule has 0 rings (SSSR count). The van der Waals surface area contributed by atoms with Crippen LogP contribution in [0.3, 0.4) is 0 Å². The summed E-state index contributed by atoms with van der Waals surface area (Å²) >= 11 is 0. The standard InChI is InChI=1S/C7H18OSi/c1-3-7(2)5-4-6-9-8/h7-8H,3-6,9H2,1-2H3. The first-order valence-electron chi connectivity index (χ1n) is 3.92. The molecule has 2 heteroatoms. The normalized spacial score (nSPS) is 15.0. The Balaban J connectivity index is 2.88.